The molecule has 0 aliphatic carbocycles. The molecule has 0 atom stereocenters. The van der Waals surface area contributed by atoms with Crippen molar-refractivity contribution in [3.63, 3.8) is 0 Å². The van der Waals surface area contributed by atoms with Crippen molar-refractivity contribution in [2.24, 2.45) is 7.05 Å². The Morgan fingerprint density at radius 3 is 2.68 bits per heavy atom. The standard InChI is InChI=1S/C19H15N5O4/c1-11-4-3-9-20-17(11)27-13-7-5-12(6-8-13)18-21-15(23-28-18)14-10-24(2)19(26)22-16(14)25/h3-10H,1-2H3,(H,22,25,26). The van der Waals surface area contributed by atoms with Crippen LogP contribution >= 0.6 is 0 Å². The molecule has 0 bridgehead atoms. The van der Waals surface area contributed by atoms with E-state index >= 15 is 0 Å². The molecule has 0 aliphatic rings. The van der Waals surface area contributed by atoms with Crippen LogP contribution in [0.4, 0.5) is 0 Å². The Balaban J connectivity index is 1.59. The van der Waals surface area contributed by atoms with Crippen molar-refractivity contribution in [2.75, 3.05) is 0 Å². The van der Waals surface area contributed by atoms with E-state index in [1.165, 1.54) is 17.8 Å². The number of rotatable bonds is 4. The van der Waals surface area contributed by atoms with Crippen LogP contribution in [-0.2, 0) is 7.05 Å². The van der Waals surface area contributed by atoms with E-state index in [-0.39, 0.29) is 17.3 Å². The van der Waals surface area contributed by atoms with Crippen molar-refractivity contribution >= 4 is 0 Å². The maximum atomic E-state index is 12.0. The quantitative estimate of drug-likeness (QED) is 0.580. The van der Waals surface area contributed by atoms with Crippen molar-refractivity contribution in [2.45, 2.75) is 6.92 Å². The van der Waals surface area contributed by atoms with Gasteiger partial charge in [0, 0.05) is 30.6 Å². The molecule has 0 aliphatic heterocycles. The van der Waals surface area contributed by atoms with Gasteiger partial charge in [-0.05, 0) is 37.3 Å². The number of nitrogens with one attached hydrogen (secondary N) is 1. The van der Waals surface area contributed by atoms with Gasteiger partial charge in [0.15, 0.2) is 0 Å². The summed E-state index contributed by atoms with van der Waals surface area (Å²) in [5.74, 6) is 1.48. The van der Waals surface area contributed by atoms with E-state index in [0.717, 1.165) is 5.56 Å². The first-order chi connectivity index (χ1) is 13.5. The molecule has 140 valence electrons. The molecule has 0 radical (unpaired) electrons. The molecule has 0 unspecified atom stereocenters. The third kappa shape index (κ3) is 3.32. The van der Waals surface area contributed by atoms with Gasteiger partial charge >= 0.3 is 5.69 Å². The Kier molecular flexibility index (Phi) is 4.32. The molecule has 0 fully saturated rings. The van der Waals surface area contributed by atoms with Gasteiger partial charge in [0.1, 0.15) is 11.3 Å². The monoisotopic (exact) mass is 377 g/mol. The molecule has 9 nitrogen and oxygen atoms in total. The number of nitrogens with zero attached hydrogens (tertiary/aromatic N) is 4. The predicted molar refractivity (Wildman–Crippen MR) is 100 cm³/mol. The Morgan fingerprint density at radius 1 is 1.14 bits per heavy atom. The van der Waals surface area contributed by atoms with E-state index in [0.29, 0.717) is 17.2 Å². The van der Waals surface area contributed by atoms with E-state index in [4.69, 9.17) is 9.26 Å². The van der Waals surface area contributed by atoms with Crippen LogP contribution in [0.1, 0.15) is 5.56 Å². The lowest BCUT2D eigenvalue weighted by Crippen LogP contribution is -2.28. The van der Waals surface area contributed by atoms with Crippen LogP contribution in [0.25, 0.3) is 22.8 Å². The first-order valence-electron chi connectivity index (χ1n) is 8.35. The van der Waals surface area contributed by atoms with E-state index in [1.54, 1.807) is 30.5 Å². The highest BCUT2D eigenvalue weighted by molar-refractivity contribution is 5.59. The molecular formula is C19H15N5O4. The molecule has 0 saturated heterocycles. The lowest BCUT2D eigenvalue weighted by Gasteiger charge is -2.06. The number of aryl methyl sites for hydroxylation is 2. The highest BCUT2D eigenvalue weighted by Crippen LogP contribution is 2.26. The number of ether oxygens (including phenoxy) is 1. The molecule has 28 heavy (non-hydrogen) atoms. The maximum Gasteiger partial charge on any atom is 0.328 e. The number of pyridine rings is 1. The maximum absolute atomic E-state index is 12.0. The average molecular weight is 377 g/mol. The van der Waals surface area contributed by atoms with Gasteiger partial charge < -0.3 is 13.8 Å². The molecule has 9 heteroatoms. The Hall–Kier alpha value is -4.01. The summed E-state index contributed by atoms with van der Waals surface area (Å²) in [4.78, 5) is 34.1. The molecule has 0 spiro atoms. The highest BCUT2D eigenvalue weighted by Gasteiger charge is 2.15. The SMILES string of the molecule is Cc1cccnc1Oc1ccc(-c2nc(-c3cn(C)c(=O)[nH]c3=O)no2)cc1. The largest absolute Gasteiger partial charge is 0.439 e. The molecule has 3 aromatic heterocycles. The molecule has 4 rings (SSSR count). The zero-order valence-corrected chi connectivity index (χ0v) is 15.0. The third-order valence-corrected chi connectivity index (χ3v) is 4.05. The van der Waals surface area contributed by atoms with Gasteiger partial charge in [-0.2, -0.15) is 4.98 Å². The first-order valence-corrected chi connectivity index (χ1v) is 8.35. The van der Waals surface area contributed by atoms with Crippen molar-refractivity contribution in [3.05, 3.63) is 75.2 Å². The fourth-order valence-electron chi connectivity index (χ4n) is 2.53. The summed E-state index contributed by atoms with van der Waals surface area (Å²) in [7, 11) is 1.52. The van der Waals surface area contributed by atoms with Crippen molar-refractivity contribution in [3.8, 4) is 34.5 Å². The lowest BCUT2D eigenvalue weighted by atomic mass is 10.2. The Labute approximate surface area is 158 Å². The van der Waals surface area contributed by atoms with Crippen molar-refractivity contribution in [1.29, 1.82) is 0 Å². The zero-order valence-electron chi connectivity index (χ0n) is 15.0. The Morgan fingerprint density at radius 2 is 1.93 bits per heavy atom. The van der Waals surface area contributed by atoms with Crippen LogP contribution in [0.15, 0.2) is 62.9 Å². The molecular weight excluding hydrogens is 362 g/mol. The van der Waals surface area contributed by atoms with E-state index < -0.39 is 11.2 Å². The molecule has 0 amide bonds. The summed E-state index contributed by atoms with van der Waals surface area (Å²) in [6.45, 7) is 1.91. The minimum absolute atomic E-state index is 0.0938. The summed E-state index contributed by atoms with van der Waals surface area (Å²) in [6, 6.07) is 10.8. The normalized spacial score (nSPS) is 10.8. The number of benzene rings is 1. The van der Waals surface area contributed by atoms with Gasteiger partial charge in [-0.15, -0.1) is 0 Å². The molecule has 1 N–H and O–H groups in total. The summed E-state index contributed by atoms with van der Waals surface area (Å²) in [5.41, 5.74) is 0.629. The average Bonchev–Trinajstić information content (AvgIpc) is 3.17. The van der Waals surface area contributed by atoms with Gasteiger partial charge in [-0.3, -0.25) is 9.78 Å². The number of hydrogen-bond donors (Lipinski definition) is 1. The van der Waals surface area contributed by atoms with Gasteiger partial charge in [-0.1, -0.05) is 11.2 Å². The fourth-order valence-corrected chi connectivity index (χ4v) is 2.53. The number of aromatic amines is 1. The second kappa shape index (κ2) is 6.95. The highest BCUT2D eigenvalue weighted by atomic mass is 16.5. The number of H-pyrrole nitrogens is 1. The minimum atomic E-state index is -0.579. The summed E-state index contributed by atoms with van der Waals surface area (Å²) in [6.07, 6.45) is 3.03. The molecule has 3 heterocycles. The summed E-state index contributed by atoms with van der Waals surface area (Å²) in [5, 5.41) is 3.83. The molecule has 4 aromatic rings. The third-order valence-electron chi connectivity index (χ3n) is 4.05. The van der Waals surface area contributed by atoms with Crippen LogP contribution in [-0.4, -0.2) is 24.7 Å². The second-order valence-corrected chi connectivity index (χ2v) is 6.09. The second-order valence-electron chi connectivity index (χ2n) is 6.09. The van der Waals surface area contributed by atoms with Gasteiger partial charge in [-0.25, -0.2) is 9.78 Å². The van der Waals surface area contributed by atoms with E-state index in [2.05, 4.69) is 20.1 Å². The van der Waals surface area contributed by atoms with Crippen LogP contribution in [0.2, 0.25) is 0 Å². The first kappa shape index (κ1) is 17.4. The van der Waals surface area contributed by atoms with E-state index in [9.17, 15) is 9.59 Å². The lowest BCUT2D eigenvalue weighted by molar-refractivity contribution is 0.432. The molecule has 1 aromatic carbocycles. The van der Waals surface area contributed by atoms with Crippen molar-refractivity contribution in [1.82, 2.24) is 24.7 Å². The molecule has 0 saturated carbocycles. The van der Waals surface area contributed by atoms with Crippen LogP contribution in [0, 0.1) is 6.92 Å². The predicted octanol–water partition coefficient (Wildman–Crippen LogP) is 2.29. The van der Waals surface area contributed by atoms with E-state index in [1.807, 2.05) is 19.1 Å². The minimum Gasteiger partial charge on any atom is -0.439 e. The van der Waals surface area contributed by atoms with Gasteiger partial charge in [0.2, 0.25) is 11.7 Å². The number of aromatic nitrogens is 5. The van der Waals surface area contributed by atoms with Crippen LogP contribution < -0.4 is 16.0 Å². The zero-order chi connectivity index (χ0) is 19.7. The van der Waals surface area contributed by atoms with Crippen LogP contribution in [0.3, 0.4) is 0 Å². The van der Waals surface area contributed by atoms with Gasteiger partial charge in [0.05, 0.1) is 0 Å². The fraction of sp³-hybridized carbons (Fsp3) is 0.105. The number of hydrogen-bond acceptors (Lipinski definition) is 7. The van der Waals surface area contributed by atoms with Gasteiger partial charge in [0.25, 0.3) is 11.4 Å². The Bertz CT molecular complexity index is 1250. The summed E-state index contributed by atoms with van der Waals surface area (Å²) >= 11 is 0. The summed E-state index contributed by atoms with van der Waals surface area (Å²) < 4.78 is 12.2. The topological polar surface area (TPSA) is 116 Å². The van der Waals surface area contributed by atoms with Crippen LogP contribution in [0.5, 0.6) is 11.6 Å². The smallest absolute Gasteiger partial charge is 0.328 e. The van der Waals surface area contributed by atoms with Crippen molar-refractivity contribution < 1.29 is 9.26 Å².